The van der Waals surface area contributed by atoms with Gasteiger partial charge in [-0.3, -0.25) is 4.79 Å². The molecule has 2 aromatic carbocycles. The van der Waals surface area contributed by atoms with Crippen LogP contribution in [0.5, 0.6) is 5.75 Å². The van der Waals surface area contributed by atoms with Crippen LogP contribution in [0.2, 0.25) is 0 Å². The standard InChI is InChI=1S/C23H26FNO3/c1-2-28-21-7-6-17-8-11-25(16-18(17)14-21)22(26)23(9-12-27-13-10-23)19-4-3-5-20(24)15-19/h3-7,14-15H,2,8-13,16H2,1H3. The van der Waals surface area contributed by atoms with Gasteiger partial charge in [-0.25, -0.2) is 4.39 Å². The van der Waals surface area contributed by atoms with E-state index >= 15 is 0 Å². The number of benzene rings is 2. The number of amides is 1. The van der Waals surface area contributed by atoms with E-state index < -0.39 is 5.41 Å². The lowest BCUT2D eigenvalue weighted by Gasteiger charge is -2.41. The Morgan fingerprint density at radius 2 is 2.00 bits per heavy atom. The second kappa shape index (κ2) is 7.92. The maximum absolute atomic E-state index is 13.9. The van der Waals surface area contributed by atoms with Crippen molar-refractivity contribution >= 4 is 5.91 Å². The number of halogens is 1. The minimum Gasteiger partial charge on any atom is -0.494 e. The topological polar surface area (TPSA) is 38.8 Å². The molecular formula is C23H26FNO3. The number of fused-ring (bicyclic) bond motifs is 1. The van der Waals surface area contributed by atoms with Crippen LogP contribution in [0, 0.1) is 5.82 Å². The lowest BCUT2D eigenvalue weighted by atomic mass is 9.72. The summed E-state index contributed by atoms with van der Waals surface area (Å²) in [5, 5.41) is 0. The summed E-state index contributed by atoms with van der Waals surface area (Å²) in [5.74, 6) is 0.608. The molecule has 0 atom stereocenters. The molecule has 1 saturated heterocycles. The summed E-state index contributed by atoms with van der Waals surface area (Å²) in [6, 6.07) is 12.6. The molecule has 148 valence electrons. The average molecular weight is 383 g/mol. The van der Waals surface area contributed by atoms with Gasteiger partial charge in [-0.2, -0.15) is 0 Å². The van der Waals surface area contributed by atoms with Gasteiger partial charge in [0.15, 0.2) is 0 Å². The summed E-state index contributed by atoms with van der Waals surface area (Å²) >= 11 is 0. The molecule has 4 rings (SSSR count). The van der Waals surface area contributed by atoms with E-state index in [-0.39, 0.29) is 11.7 Å². The second-order valence-corrected chi connectivity index (χ2v) is 7.55. The first-order valence-electron chi connectivity index (χ1n) is 10.0. The van der Waals surface area contributed by atoms with Crippen LogP contribution in [0.15, 0.2) is 42.5 Å². The summed E-state index contributed by atoms with van der Waals surface area (Å²) in [4.78, 5) is 15.6. The third-order valence-corrected chi connectivity index (χ3v) is 5.92. The second-order valence-electron chi connectivity index (χ2n) is 7.55. The molecule has 0 radical (unpaired) electrons. The predicted octanol–water partition coefficient (Wildman–Crippen LogP) is 3.86. The average Bonchev–Trinajstić information content (AvgIpc) is 2.73. The summed E-state index contributed by atoms with van der Waals surface area (Å²) in [6.45, 7) is 4.85. The molecule has 2 heterocycles. The number of carbonyl (C=O) groups is 1. The third-order valence-electron chi connectivity index (χ3n) is 5.92. The highest BCUT2D eigenvalue weighted by atomic mass is 19.1. The van der Waals surface area contributed by atoms with Crippen molar-refractivity contribution in [1.82, 2.24) is 4.90 Å². The van der Waals surface area contributed by atoms with E-state index in [1.54, 1.807) is 6.07 Å². The molecule has 0 saturated carbocycles. The first-order valence-corrected chi connectivity index (χ1v) is 10.0. The predicted molar refractivity (Wildman–Crippen MR) is 105 cm³/mol. The summed E-state index contributed by atoms with van der Waals surface area (Å²) in [7, 11) is 0. The van der Waals surface area contributed by atoms with E-state index in [0.717, 1.165) is 23.3 Å². The Kier molecular flexibility index (Phi) is 5.36. The van der Waals surface area contributed by atoms with Gasteiger partial charge in [0.25, 0.3) is 0 Å². The molecule has 28 heavy (non-hydrogen) atoms. The van der Waals surface area contributed by atoms with Crippen LogP contribution < -0.4 is 4.74 Å². The van der Waals surface area contributed by atoms with E-state index in [4.69, 9.17) is 9.47 Å². The highest BCUT2D eigenvalue weighted by Crippen LogP contribution is 2.38. The van der Waals surface area contributed by atoms with Gasteiger partial charge in [0.1, 0.15) is 11.6 Å². The van der Waals surface area contributed by atoms with Gasteiger partial charge >= 0.3 is 0 Å². The van der Waals surface area contributed by atoms with Crippen LogP contribution in [-0.4, -0.2) is 37.2 Å². The largest absolute Gasteiger partial charge is 0.494 e. The quantitative estimate of drug-likeness (QED) is 0.805. The fraction of sp³-hybridized carbons (Fsp3) is 0.435. The molecule has 0 unspecified atom stereocenters. The number of hydrogen-bond acceptors (Lipinski definition) is 3. The van der Waals surface area contributed by atoms with Crippen molar-refractivity contribution in [1.29, 1.82) is 0 Å². The van der Waals surface area contributed by atoms with Crippen molar-refractivity contribution in [3.05, 3.63) is 65.0 Å². The molecule has 2 aliphatic heterocycles. The van der Waals surface area contributed by atoms with Crippen LogP contribution >= 0.6 is 0 Å². The first kappa shape index (κ1) is 18.9. The Morgan fingerprint density at radius 1 is 1.18 bits per heavy atom. The minimum atomic E-state index is -0.713. The van der Waals surface area contributed by atoms with Crippen molar-refractivity contribution < 1.29 is 18.7 Å². The summed E-state index contributed by atoms with van der Waals surface area (Å²) < 4.78 is 25.1. The molecule has 1 fully saturated rings. The van der Waals surface area contributed by atoms with Gasteiger partial charge < -0.3 is 14.4 Å². The zero-order chi connectivity index (χ0) is 19.6. The molecule has 2 aromatic rings. The van der Waals surface area contributed by atoms with Gasteiger partial charge in [-0.05, 0) is 67.1 Å². The van der Waals surface area contributed by atoms with Crippen LogP contribution in [0.4, 0.5) is 4.39 Å². The number of rotatable bonds is 4. The zero-order valence-corrected chi connectivity index (χ0v) is 16.2. The molecule has 5 heteroatoms. The lowest BCUT2D eigenvalue weighted by molar-refractivity contribution is -0.142. The van der Waals surface area contributed by atoms with Crippen LogP contribution in [-0.2, 0) is 27.9 Å². The SMILES string of the molecule is CCOc1ccc2c(c1)CN(C(=O)C1(c3cccc(F)c3)CCOCC1)CC2. The van der Waals surface area contributed by atoms with Crippen LogP contribution in [0.25, 0.3) is 0 Å². The highest BCUT2D eigenvalue weighted by Gasteiger charge is 2.44. The van der Waals surface area contributed by atoms with Gasteiger partial charge in [0, 0.05) is 26.3 Å². The Balaban J connectivity index is 1.64. The van der Waals surface area contributed by atoms with Gasteiger partial charge in [-0.15, -0.1) is 0 Å². The fourth-order valence-corrected chi connectivity index (χ4v) is 4.40. The van der Waals surface area contributed by atoms with E-state index in [2.05, 4.69) is 6.07 Å². The molecule has 1 amide bonds. The van der Waals surface area contributed by atoms with E-state index in [1.165, 1.54) is 17.7 Å². The van der Waals surface area contributed by atoms with E-state index in [9.17, 15) is 9.18 Å². The van der Waals surface area contributed by atoms with E-state index in [1.807, 2.05) is 30.0 Å². The minimum absolute atomic E-state index is 0.0777. The molecule has 4 nitrogen and oxygen atoms in total. The Labute approximate surface area is 165 Å². The van der Waals surface area contributed by atoms with Crippen LogP contribution in [0.3, 0.4) is 0 Å². The maximum Gasteiger partial charge on any atom is 0.233 e. The van der Waals surface area contributed by atoms with Gasteiger partial charge in [0.05, 0.1) is 12.0 Å². The Hall–Kier alpha value is -2.40. The van der Waals surface area contributed by atoms with Gasteiger partial charge in [-0.1, -0.05) is 18.2 Å². The number of nitrogens with zero attached hydrogens (tertiary/aromatic N) is 1. The molecule has 0 bridgehead atoms. The maximum atomic E-state index is 13.9. The highest BCUT2D eigenvalue weighted by molar-refractivity contribution is 5.88. The summed E-state index contributed by atoms with van der Waals surface area (Å²) in [6.07, 6.45) is 1.98. The lowest BCUT2D eigenvalue weighted by Crippen LogP contribution is -2.51. The normalized spacial score (nSPS) is 18.4. The Morgan fingerprint density at radius 3 is 2.75 bits per heavy atom. The molecule has 0 aromatic heterocycles. The molecular weight excluding hydrogens is 357 g/mol. The van der Waals surface area contributed by atoms with Crippen molar-refractivity contribution in [2.75, 3.05) is 26.4 Å². The Bertz CT molecular complexity index is 861. The third kappa shape index (κ3) is 3.51. The number of hydrogen-bond donors (Lipinski definition) is 0. The van der Waals surface area contributed by atoms with Crippen molar-refractivity contribution in [2.24, 2.45) is 0 Å². The monoisotopic (exact) mass is 383 g/mol. The first-order chi connectivity index (χ1) is 13.6. The summed E-state index contributed by atoms with van der Waals surface area (Å²) in [5.41, 5.74) is 2.44. The fourth-order valence-electron chi connectivity index (χ4n) is 4.40. The van der Waals surface area contributed by atoms with E-state index in [0.29, 0.717) is 45.8 Å². The molecule has 0 spiro atoms. The van der Waals surface area contributed by atoms with Gasteiger partial charge in [0.2, 0.25) is 5.91 Å². The van der Waals surface area contributed by atoms with Crippen molar-refractivity contribution in [3.63, 3.8) is 0 Å². The molecule has 0 aliphatic carbocycles. The smallest absolute Gasteiger partial charge is 0.233 e. The molecule has 2 aliphatic rings. The number of ether oxygens (including phenoxy) is 2. The van der Waals surface area contributed by atoms with Crippen molar-refractivity contribution in [3.8, 4) is 5.75 Å². The van der Waals surface area contributed by atoms with Crippen molar-refractivity contribution in [2.45, 2.75) is 38.1 Å². The molecule has 0 N–H and O–H groups in total. The van der Waals surface area contributed by atoms with Crippen LogP contribution in [0.1, 0.15) is 36.5 Å². The zero-order valence-electron chi connectivity index (χ0n) is 16.2. The number of carbonyl (C=O) groups excluding carboxylic acids is 1.